The minimum Gasteiger partial charge on any atom is -0.469 e. The van der Waals surface area contributed by atoms with Crippen LogP contribution < -0.4 is 10.6 Å². The summed E-state index contributed by atoms with van der Waals surface area (Å²) in [5.74, 6) is -0.417. The largest absolute Gasteiger partial charge is 0.469 e. The molecule has 3 amide bonds. The summed E-state index contributed by atoms with van der Waals surface area (Å²) >= 11 is 0. The number of nitro groups is 1. The van der Waals surface area contributed by atoms with E-state index in [2.05, 4.69) is 20.6 Å². The van der Waals surface area contributed by atoms with Gasteiger partial charge in [-0.05, 0) is 24.3 Å². The molecular formula is C20H15N5O6. The van der Waals surface area contributed by atoms with E-state index in [-0.39, 0.29) is 35.3 Å². The van der Waals surface area contributed by atoms with Gasteiger partial charge in [-0.3, -0.25) is 30.3 Å². The molecule has 1 atom stereocenters. The predicted molar refractivity (Wildman–Crippen MR) is 106 cm³/mol. The zero-order chi connectivity index (χ0) is 22.0. The molecule has 0 unspecified atom stereocenters. The van der Waals surface area contributed by atoms with Crippen LogP contribution in [0.15, 0.2) is 53.3 Å². The third-order valence-electron chi connectivity index (χ3n) is 4.78. The number of nitrogens with one attached hydrogen (secondary N) is 2. The summed E-state index contributed by atoms with van der Waals surface area (Å²) in [6.45, 7) is 0. The number of carbonyl (C=O) groups excluding carboxylic acids is 3. The lowest BCUT2D eigenvalue weighted by molar-refractivity contribution is -0.384. The average Bonchev–Trinajstić information content (AvgIpc) is 3.28. The van der Waals surface area contributed by atoms with Crippen LogP contribution in [-0.4, -0.2) is 32.6 Å². The van der Waals surface area contributed by atoms with E-state index in [9.17, 15) is 24.5 Å². The first-order chi connectivity index (χ1) is 14.9. The fourth-order valence-electron chi connectivity index (χ4n) is 3.27. The number of fused-ring (bicyclic) bond motifs is 1. The van der Waals surface area contributed by atoms with E-state index >= 15 is 0 Å². The summed E-state index contributed by atoms with van der Waals surface area (Å²) in [7, 11) is 0. The first-order valence-electron chi connectivity index (χ1n) is 9.20. The second-order valence-corrected chi connectivity index (χ2v) is 6.81. The number of urea groups is 1. The number of anilines is 1. The van der Waals surface area contributed by atoms with Crippen LogP contribution in [0.1, 0.15) is 44.5 Å². The number of ketones is 1. The lowest BCUT2D eigenvalue weighted by Gasteiger charge is -2.21. The molecule has 156 valence electrons. The highest BCUT2D eigenvalue weighted by Gasteiger charge is 2.29. The Labute approximate surface area is 174 Å². The highest BCUT2D eigenvalue weighted by Crippen LogP contribution is 2.32. The number of amides is 3. The normalized spacial score (nSPS) is 15.1. The van der Waals surface area contributed by atoms with Crippen molar-refractivity contribution < 1.29 is 23.7 Å². The Bertz CT molecular complexity index is 1170. The lowest BCUT2D eigenvalue weighted by Crippen LogP contribution is -2.35. The van der Waals surface area contributed by atoms with Gasteiger partial charge in [0.1, 0.15) is 5.76 Å². The molecule has 0 fully saturated rings. The number of Topliss-reactive ketones (excluding diaryl/α,β-unsaturated/α-hetero) is 1. The molecule has 11 nitrogen and oxygen atoms in total. The SMILES string of the molecule is O=C(NC(=O)c1ccc([N+](=O)[O-])cc1)Nc1ncc2c(n1)C[C@H](c1ccco1)CC2=O. The summed E-state index contributed by atoms with van der Waals surface area (Å²) < 4.78 is 5.39. The van der Waals surface area contributed by atoms with Gasteiger partial charge >= 0.3 is 6.03 Å². The van der Waals surface area contributed by atoms with Gasteiger partial charge in [0.25, 0.3) is 11.6 Å². The van der Waals surface area contributed by atoms with Gasteiger partial charge in [0.15, 0.2) is 5.78 Å². The third kappa shape index (κ3) is 4.29. The molecule has 2 aromatic heterocycles. The quantitative estimate of drug-likeness (QED) is 0.481. The van der Waals surface area contributed by atoms with Crippen molar-refractivity contribution in [2.45, 2.75) is 18.8 Å². The molecule has 3 aromatic rings. The number of nitro benzene ring substituents is 1. The van der Waals surface area contributed by atoms with Gasteiger partial charge in [0.2, 0.25) is 5.95 Å². The first kappa shape index (κ1) is 19.9. The minimum absolute atomic E-state index is 0.0685. The summed E-state index contributed by atoms with van der Waals surface area (Å²) in [5, 5.41) is 15.1. The second-order valence-electron chi connectivity index (χ2n) is 6.81. The Morgan fingerprint density at radius 3 is 2.61 bits per heavy atom. The molecule has 1 aliphatic rings. The Hall–Kier alpha value is -4.41. The number of non-ortho nitro benzene ring substituents is 1. The summed E-state index contributed by atoms with van der Waals surface area (Å²) in [6, 6.07) is 7.44. The van der Waals surface area contributed by atoms with E-state index in [1.807, 2.05) is 0 Å². The van der Waals surface area contributed by atoms with Crippen molar-refractivity contribution in [3.63, 3.8) is 0 Å². The maximum Gasteiger partial charge on any atom is 0.328 e. The van der Waals surface area contributed by atoms with Gasteiger partial charge in [-0.15, -0.1) is 0 Å². The smallest absolute Gasteiger partial charge is 0.328 e. The van der Waals surface area contributed by atoms with Gasteiger partial charge in [-0.2, -0.15) is 0 Å². The highest BCUT2D eigenvalue weighted by atomic mass is 16.6. The average molecular weight is 421 g/mol. The number of hydrogen-bond acceptors (Lipinski definition) is 8. The van der Waals surface area contributed by atoms with Crippen molar-refractivity contribution in [1.29, 1.82) is 0 Å². The van der Waals surface area contributed by atoms with E-state index < -0.39 is 16.9 Å². The van der Waals surface area contributed by atoms with Gasteiger partial charge < -0.3 is 4.42 Å². The molecule has 1 aliphatic carbocycles. The molecule has 11 heteroatoms. The maximum atomic E-state index is 12.4. The van der Waals surface area contributed by atoms with E-state index in [1.54, 1.807) is 12.1 Å². The summed E-state index contributed by atoms with van der Waals surface area (Å²) in [5.41, 5.74) is 0.755. The van der Waals surface area contributed by atoms with E-state index in [0.29, 0.717) is 23.4 Å². The van der Waals surface area contributed by atoms with Crippen molar-refractivity contribution in [1.82, 2.24) is 15.3 Å². The summed E-state index contributed by atoms with van der Waals surface area (Å²) in [6.07, 6.45) is 3.60. The Morgan fingerprint density at radius 1 is 1.16 bits per heavy atom. The molecule has 0 saturated heterocycles. The number of rotatable bonds is 4. The van der Waals surface area contributed by atoms with Crippen LogP contribution in [0.3, 0.4) is 0 Å². The second kappa shape index (κ2) is 8.14. The number of hydrogen-bond donors (Lipinski definition) is 2. The fourth-order valence-corrected chi connectivity index (χ4v) is 3.27. The topological polar surface area (TPSA) is 157 Å². The van der Waals surface area contributed by atoms with E-state index in [0.717, 1.165) is 12.1 Å². The summed E-state index contributed by atoms with van der Waals surface area (Å²) in [4.78, 5) is 55.0. The molecule has 2 heterocycles. The molecule has 0 bridgehead atoms. The van der Waals surface area contributed by atoms with Gasteiger partial charge in [-0.1, -0.05) is 0 Å². The van der Waals surface area contributed by atoms with Crippen LogP contribution in [0.4, 0.5) is 16.4 Å². The first-order valence-corrected chi connectivity index (χ1v) is 9.20. The Morgan fingerprint density at radius 2 is 1.94 bits per heavy atom. The van der Waals surface area contributed by atoms with E-state index in [1.165, 1.54) is 24.6 Å². The monoisotopic (exact) mass is 421 g/mol. The zero-order valence-electron chi connectivity index (χ0n) is 15.9. The molecule has 0 aliphatic heterocycles. The molecule has 2 N–H and O–H groups in total. The lowest BCUT2D eigenvalue weighted by atomic mass is 9.85. The van der Waals surface area contributed by atoms with Crippen LogP contribution in [-0.2, 0) is 6.42 Å². The standard InChI is InChI=1S/C20H15N5O6/c26-16-9-12(17-2-1-7-31-17)8-15-14(16)10-21-19(22-15)24-20(28)23-18(27)11-3-5-13(6-4-11)25(29)30/h1-7,10,12H,8-9H2,(H2,21,22,23,24,27,28)/t12-/m0/s1. The van der Waals surface area contributed by atoms with Gasteiger partial charge in [-0.25, -0.2) is 14.8 Å². The van der Waals surface area contributed by atoms with Crippen LogP contribution in [0, 0.1) is 10.1 Å². The predicted octanol–water partition coefficient (Wildman–Crippen LogP) is 2.85. The molecular weight excluding hydrogens is 406 g/mol. The Kier molecular flexibility index (Phi) is 5.22. The molecule has 0 radical (unpaired) electrons. The van der Waals surface area contributed by atoms with E-state index in [4.69, 9.17) is 4.42 Å². The van der Waals surface area contributed by atoms with Crippen LogP contribution in [0.2, 0.25) is 0 Å². The van der Waals surface area contributed by atoms with Gasteiger partial charge in [0.05, 0.1) is 22.4 Å². The number of benzene rings is 1. The fraction of sp³-hybridized carbons (Fsp3) is 0.150. The number of nitrogens with zero attached hydrogens (tertiary/aromatic N) is 3. The molecule has 4 rings (SSSR count). The third-order valence-corrected chi connectivity index (χ3v) is 4.78. The molecule has 0 spiro atoms. The number of imide groups is 1. The zero-order valence-corrected chi connectivity index (χ0v) is 15.9. The Balaban J connectivity index is 1.43. The van der Waals surface area contributed by atoms with Crippen LogP contribution in [0.25, 0.3) is 0 Å². The van der Waals surface area contributed by atoms with Crippen molar-refractivity contribution in [2.24, 2.45) is 0 Å². The van der Waals surface area contributed by atoms with Crippen LogP contribution in [0.5, 0.6) is 0 Å². The number of carbonyl (C=O) groups is 3. The van der Waals surface area contributed by atoms with Crippen molar-refractivity contribution >= 4 is 29.4 Å². The van der Waals surface area contributed by atoms with Gasteiger partial charge in [0, 0.05) is 42.7 Å². The molecule has 31 heavy (non-hydrogen) atoms. The molecule has 0 saturated carbocycles. The van der Waals surface area contributed by atoms with Crippen molar-refractivity contribution in [3.8, 4) is 0 Å². The molecule has 1 aromatic carbocycles. The van der Waals surface area contributed by atoms with Crippen molar-refractivity contribution in [3.05, 3.63) is 81.6 Å². The van der Waals surface area contributed by atoms with Crippen LogP contribution >= 0.6 is 0 Å². The number of aromatic nitrogens is 2. The maximum absolute atomic E-state index is 12.4. The minimum atomic E-state index is -0.881. The number of furan rings is 1. The highest BCUT2D eigenvalue weighted by molar-refractivity contribution is 6.07. The van der Waals surface area contributed by atoms with Crippen molar-refractivity contribution in [2.75, 3.05) is 5.32 Å².